The Morgan fingerprint density at radius 3 is 1.70 bits per heavy atom. The Morgan fingerprint density at radius 1 is 0.783 bits per heavy atom. The van der Waals surface area contributed by atoms with E-state index >= 15 is 0 Å². The molecule has 0 aliphatic rings. The molecule has 138 valence electrons. The highest BCUT2D eigenvalue weighted by molar-refractivity contribution is 7.52. The Kier molecular flexibility index (Phi) is 16.7. The molecule has 0 fully saturated rings. The van der Waals surface area contributed by atoms with E-state index < -0.39 is 7.60 Å². The lowest BCUT2D eigenvalue weighted by molar-refractivity contribution is 0.314. The zero-order valence-corrected chi connectivity index (χ0v) is 16.4. The highest BCUT2D eigenvalue weighted by Crippen LogP contribution is 2.41. The minimum Gasteiger partial charge on any atom is -0.324 e. The van der Waals surface area contributed by atoms with Gasteiger partial charge in [-0.3, -0.25) is 4.57 Å². The normalized spacial score (nSPS) is 14.4. The predicted molar refractivity (Wildman–Crippen MR) is 101 cm³/mol. The van der Waals surface area contributed by atoms with Gasteiger partial charge in [-0.2, -0.15) is 0 Å². The zero-order valence-electron chi connectivity index (χ0n) is 15.5. The highest BCUT2D eigenvalue weighted by atomic mass is 31.2. The van der Waals surface area contributed by atoms with Gasteiger partial charge in [0, 0.05) is 13.3 Å². The van der Waals surface area contributed by atoms with E-state index in [1.807, 2.05) is 0 Å². The molecule has 0 saturated heterocycles. The maximum absolute atomic E-state index is 11.3. The Labute approximate surface area is 144 Å². The van der Waals surface area contributed by atoms with Gasteiger partial charge in [0.1, 0.15) is 0 Å². The number of hydrogen-bond acceptors (Lipinski definition) is 2. The van der Waals surface area contributed by atoms with Gasteiger partial charge in [-0.05, 0) is 32.1 Å². The molecular weight excluding hydrogens is 307 g/mol. The van der Waals surface area contributed by atoms with Crippen LogP contribution in [-0.2, 0) is 9.09 Å². The molecule has 0 spiro atoms. The molecule has 0 aromatic rings. The van der Waals surface area contributed by atoms with E-state index in [2.05, 4.69) is 23.6 Å². The van der Waals surface area contributed by atoms with Crippen LogP contribution in [0.3, 0.4) is 0 Å². The standard InChI is InChI=1S/C19H39O3P/c1-3-4-5-6-7-8-9-10-11-12-13-14-15-16-17-18-19-23(20,21)22-2/h10-11H,3-9,12-19H2,1-2H3,(H,20,21)/b11-10+. The highest BCUT2D eigenvalue weighted by Gasteiger charge is 2.15. The zero-order chi connectivity index (χ0) is 17.2. The maximum Gasteiger partial charge on any atom is 0.327 e. The Hall–Kier alpha value is -0.110. The summed E-state index contributed by atoms with van der Waals surface area (Å²) in [4.78, 5) is 9.26. The number of allylic oxidation sites excluding steroid dienone is 2. The van der Waals surface area contributed by atoms with Crippen LogP contribution in [0.4, 0.5) is 0 Å². The van der Waals surface area contributed by atoms with E-state index in [1.165, 1.54) is 77.7 Å². The van der Waals surface area contributed by atoms with Gasteiger partial charge in [0.25, 0.3) is 0 Å². The SMILES string of the molecule is CCCCCCCC/C=C/CCCCCCCCP(=O)(O)OC. The van der Waals surface area contributed by atoms with Gasteiger partial charge in [0.2, 0.25) is 0 Å². The third kappa shape index (κ3) is 18.1. The topological polar surface area (TPSA) is 46.5 Å². The Balaban J connectivity index is 3.18. The van der Waals surface area contributed by atoms with Crippen molar-refractivity contribution in [3.05, 3.63) is 12.2 Å². The molecule has 3 nitrogen and oxygen atoms in total. The largest absolute Gasteiger partial charge is 0.327 e. The lowest BCUT2D eigenvalue weighted by Crippen LogP contribution is -1.91. The molecule has 0 saturated carbocycles. The van der Waals surface area contributed by atoms with E-state index in [0.717, 1.165) is 19.3 Å². The van der Waals surface area contributed by atoms with Crippen LogP contribution in [0.5, 0.6) is 0 Å². The van der Waals surface area contributed by atoms with Crippen molar-refractivity contribution in [1.82, 2.24) is 0 Å². The molecule has 23 heavy (non-hydrogen) atoms. The summed E-state index contributed by atoms with van der Waals surface area (Å²) in [6, 6.07) is 0. The Bertz CT molecular complexity index is 316. The third-order valence-corrected chi connectivity index (χ3v) is 5.69. The maximum atomic E-state index is 11.3. The van der Waals surface area contributed by atoms with Gasteiger partial charge in [-0.1, -0.05) is 76.9 Å². The first-order valence-electron chi connectivity index (χ1n) is 9.65. The molecule has 0 radical (unpaired) electrons. The second-order valence-electron chi connectivity index (χ2n) is 6.48. The molecule has 0 amide bonds. The first-order chi connectivity index (χ1) is 11.1. The van der Waals surface area contributed by atoms with Crippen molar-refractivity contribution in [3.63, 3.8) is 0 Å². The molecule has 4 heteroatoms. The fourth-order valence-electron chi connectivity index (χ4n) is 2.65. The monoisotopic (exact) mass is 346 g/mol. The van der Waals surface area contributed by atoms with Crippen LogP contribution in [0.15, 0.2) is 12.2 Å². The van der Waals surface area contributed by atoms with E-state index in [9.17, 15) is 9.46 Å². The fraction of sp³-hybridized carbons (Fsp3) is 0.895. The number of hydrogen-bond donors (Lipinski definition) is 1. The summed E-state index contributed by atoms with van der Waals surface area (Å²) in [6.07, 6.45) is 22.4. The summed E-state index contributed by atoms with van der Waals surface area (Å²) in [5.74, 6) is 0. The van der Waals surface area contributed by atoms with Crippen LogP contribution in [-0.4, -0.2) is 18.2 Å². The van der Waals surface area contributed by atoms with E-state index in [1.54, 1.807) is 0 Å². The van der Waals surface area contributed by atoms with Crippen LogP contribution < -0.4 is 0 Å². The van der Waals surface area contributed by atoms with E-state index in [-0.39, 0.29) is 0 Å². The molecule has 0 aliphatic carbocycles. The van der Waals surface area contributed by atoms with Crippen molar-refractivity contribution in [2.45, 2.75) is 96.8 Å². The quantitative estimate of drug-likeness (QED) is 0.178. The van der Waals surface area contributed by atoms with Crippen LogP contribution in [0.1, 0.15) is 96.8 Å². The molecular formula is C19H39O3P. The van der Waals surface area contributed by atoms with Crippen LogP contribution in [0.25, 0.3) is 0 Å². The molecule has 0 aromatic heterocycles. The molecule has 0 rings (SSSR count). The van der Waals surface area contributed by atoms with E-state index in [4.69, 9.17) is 0 Å². The van der Waals surface area contributed by atoms with Gasteiger partial charge in [-0.25, -0.2) is 0 Å². The molecule has 1 unspecified atom stereocenters. The fourth-order valence-corrected chi connectivity index (χ4v) is 3.46. The van der Waals surface area contributed by atoms with Gasteiger partial charge in [0.15, 0.2) is 0 Å². The second-order valence-corrected chi connectivity index (χ2v) is 8.57. The molecule has 0 aliphatic heterocycles. The molecule has 0 aromatic carbocycles. The Morgan fingerprint density at radius 2 is 1.22 bits per heavy atom. The van der Waals surface area contributed by atoms with Gasteiger partial charge in [-0.15, -0.1) is 0 Å². The average molecular weight is 346 g/mol. The molecule has 1 N–H and O–H groups in total. The smallest absolute Gasteiger partial charge is 0.324 e. The van der Waals surface area contributed by atoms with Gasteiger partial charge in [0.05, 0.1) is 0 Å². The summed E-state index contributed by atoms with van der Waals surface area (Å²) in [5.41, 5.74) is 0. The lowest BCUT2D eigenvalue weighted by atomic mass is 10.1. The average Bonchev–Trinajstić information content (AvgIpc) is 2.54. The van der Waals surface area contributed by atoms with Crippen molar-refractivity contribution in [3.8, 4) is 0 Å². The minimum atomic E-state index is -3.27. The summed E-state index contributed by atoms with van der Waals surface area (Å²) < 4.78 is 15.8. The van der Waals surface area contributed by atoms with Gasteiger partial charge < -0.3 is 9.42 Å². The minimum absolute atomic E-state index is 0.296. The summed E-state index contributed by atoms with van der Waals surface area (Å²) in [6.45, 7) is 2.26. The van der Waals surface area contributed by atoms with Gasteiger partial charge >= 0.3 is 7.60 Å². The molecule has 1 atom stereocenters. The van der Waals surface area contributed by atoms with Crippen LogP contribution in [0, 0.1) is 0 Å². The second kappa shape index (κ2) is 16.7. The first kappa shape index (κ1) is 22.9. The summed E-state index contributed by atoms with van der Waals surface area (Å²) in [5, 5.41) is 0. The van der Waals surface area contributed by atoms with Crippen molar-refractivity contribution < 1.29 is 14.0 Å². The number of unbranched alkanes of at least 4 members (excludes halogenated alkanes) is 12. The first-order valence-corrected chi connectivity index (χ1v) is 11.4. The molecule has 0 heterocycles. The van der Waals surface area contributed by atoms with Crippen molar-refractivity contribution in [2.75, 3.05) is 13.3 Å². The van der Waals surface area contributed by atoms with E-state index in [0.29, 0.717) is 6.16 Å². The summed E-state index contributed by atoms with van der Waals surface area (Å²) in [7, 11) is -1.96. The van der Waals surface area contributed by atoms with Crippen molar-refractivity contribution >= 4 is 7.60 Å². The number of rotatable bonds is 17. The summed E-state index contributed by atoms with van der Waals surface area (Å²) >= 11 is 0. The molecule has 0 bridgehead atoms. The predicted octanol–water partition coefficient (Wildman–Crippen LogP) is 6.86. The van der Waals surface area contributed by atoms with Crippen molar-refractivity contribution in [1.29, 1.82) is 0 Å². The third-order valence-electron chi connectivity index (χ3n) is 4.24. The van der Waals surface area contributed by atoms with Crippen molar-refractivity contribution in [2.24, 2.45) is 0 Å². The van der Waals surface area contributed by atoms with Crippen LogP contribution >= 0.6 is 7.60 Å². The van der Waals surface area contributed by atoms with Crippen LogP contribution in [0.2, 0.25) is 0 Å². The lowest BCUT2D eigenvalue weighted by Gasteiger charge is -2.07.